The Labute approximate surface area is 240 Å². The zero-order valence-electron chi connectivity index (χ0n) is 23.2. The molecular formula is C29H36ClN7O3. The number of hydrogen-bond acceptors (Lipinski definition) is 9. The number of benzene rings is 1. The van der Waals surface area contributed by atoms with Crippen molar-refractivity contribution in [1.82, 2.24) is 24.7 Å². The first-order valence-electron chi connectivity index (χ1n) is 13.7. The van der Waals surface area contributed by atoms with Crippen LogP contribution in [0.25, 0.3) is 0 Å². The van der Waals surface area contributed by atoms with Gasteiger partial charge < -0.3 is 24.2 Å². The van der Waals surface area contributed by atoms with Gasteiger partial charge in [-0.15, -0.1) is 0 Å². The minimum absolute atomic E-state index is 0.154. The van der Waals surface area contributed by atoms with Gasteiger partial charge in [-0.2, -0.15) is 15.2 Å². The second-order valence-corrected chi connectivity index (χ2v) is 11.1. The number of anilines is 1. The minimum atomic E-state index is -0.250. The SMILES string of the molecule is C=CC(=O)N1CCN(c2nc(OC[C@@H]3CCCN3C)nc3c2CN(Cc2cc(OC)ccc2Cl)C3)C[C@@H]1CC#N. The molecule has 11 heteroatoms. The molecule has 2 saturated heterocycles. The van der Waals surface area contributed by atoms with Crippen molar-refractivity contribution in [2.45, 2.75) is 51.0 Å². The number of aromatic nitrogens is 2. The van der Waals surface area contributed by atoms with Crippen LogP contribution < -0.4 is 14.4 Å². The third-order valence-electron chi connectivity index (χ3n) is 8.10. The summed E-state index contributed by atoms with van der Waals surface area (Å²) in [6.45, 7) is 8.74. The molecule has 1 aromatic heterocycles. The maximum absolute atomic E-state index is 12.5. The van der Waals surface area contributed by atoms with Gasteiger partial charge in [0, 0.05) is 55.9 Å². The maximum atomic E-state index is 12.5. The summed E-state index contributed by atoms with van der Waals surface area (Å²) in [6, 6.07) is 8.38. The van der Waals surface area contributed by atoms with Crippen molar-refractivity contribution in [2.24, 2.45) is 0 Å². The van der Waals surface area contributed by atoms with Crippen LogP contribution in [0.1, 0.15) is 36.1 Å². The van der Waals surface area contributed by atoms with Crippen LogP contribution in [-0.4, -0.2) is 89.6 Å². The van der Waals surface area contributed by atoms with Crippen LogP contribution in [0.15, 0.2) is 30.9 Å². The molecular weight excluding hydrogens is 530 g/mol. The highest BCUT2D eigenvalue weighted by Gasteiger charge is 2.34. The van der Waals surface area contributed by atoms with Crippen molar-refractivity contribution in [3.05, 3.63) is 52.7 Å². The molecule has 4 heterocycles. The summed E-state index contributed by atoms with van der Waals surface area (Å²) < 4.78 is 11.6. The predicted octanol–water partition coefficient (Wildman–Crippen LogP) is 3.24. The van der Waals surface area contributed by atoms with Crippen LogP contribution in [0.5, 0.6) is 11.8 Å². The van der Waals surface area contributed by atoms with Crippen LogP contribution in [0.2, 0.25) is 5.02 Å². The number of carbonyl (C=O) groups is 1. The van der Waals surface area contributed by atoms with Crippen molar-refractivity contribution in [3.8, 4) is 17.8 Å². The average molecular weight is 566 g/mol. The van der Waals surface area contributed by atoms with Crippen LogP contribution in [0.4, 0.5) is 5.82 Å². The molecule has 0 spiro atoms. The van der Waals surface area contributed by atoms with E-state index >= 15 is 0 Å². The number of rotatable bonds is 9. The van der Waals surface area contributed by atoms with Gasteiger partial charge in [0.1, 0.15) is 18.2 Å². The van der Waals surface area contributed by atoms with E-state index in [2.05, 4.69) is 34.4 Å². The molecule has 2 atom stereocenters. The third kappa shape index (κ3) is 6.02. The second-order valence-electron chi connectivity index (χ2n) is 10.6. The van der Waals surface area contributed by atoms with Gasteiger partial charge in [0.25, 0.3) is 0 Å². The molecule has 10 nitrogen and oxygen atoms in total. The Morgan fingerprint density at radius 2 is 2.10 bits per heavy atom. The second kappa shape index (κ2) is 12.4. The zero-order chi connectivity index (χ0) is 28.2. The lowest BCUT2D eigenvalue weighted by atomic mass is 10.1. The number of likely N-dealkylation sites (N-methyl/N-ethyl adjacent to an activating group) is 1. The summed E-state index contributed by atoms with van der Waals surface area (Å²) in [4.78, 5) is 30.7. The molecule has 3 aliphatic rings. The molecule has 3 aliphatic heterocycles. The molecule has 0 aliphatic carbocycles. The molecule has 40 heavy (non-hydrogen) atoms. The van der Waals surface area contributed by atoms with E-state index in [1.807, 2.05) is 18.2 Å². The van der Waals surface area contributed by atoms with Crippen LogP contribution in [-0.2, 0) is 24.4 Å². The van der Waals surface area contributed by atoms with E-state index in [1.165, 1.54) is 6.08 Å². The normalized spacial score (nSPS) is 21.2. The number of nitrogens with zero attached hydrogens (tertiary/aromatic N) is 7. The first kappa shape index (κ1) is 28.1. The van der Waals surface area contributed by atoms with Crippen molar-refractivity contribution >= 4 is 23.3 Å². The van der Waals surface area contributed by atoms with E-state index in [0.717, 1.165) is 47.8 Å². The molecule has 2 fully saturated rings. The number of likely N-dealkylation sites (tertiary alicyclic amines) is 1. The van der Waals surface area contributed by atoms with Gasteiger partial charge in [0.05, 0.1) is 31.3 Å². The number of carbonyl (C=O) groups excluding carboxylic acids is 1. The number of piperazine rings is 1. The van der Waals surface area contributed by atoms with Gasteiger partial charge in [0.15, 0.2) is 0 Å². The lowest BCUT2D eigenvalue weighted by molar-refractivity contribution is -0.128. The predicted molar refractivity (Wildman–Crippen MR) is 152 cm³/mol. The number of fused-ring (bicyclic) bond motifs is 1. The maximum Gasteiger partial charge on any atom is 0.318 e. The first-order valence-corrected chi connectivity index (χ1v) is 14.1. The van der Waals surface area contributed by atoms with E-state index in [-0.39, 0.29) is 18.4 Å². The smallest absolute Gasteiger partial charge is 0.318 e. The molecule has 0 bridgehead atoms. The van der Waals surface area contributed by atoms with Crippen LogP contribution in [0.3, 0.4) is 0 Å². The largest absolute Gasteiger partial charge is 0.497 e. The standard InChI is InChI=1S/C29H36ClN7O3/c1-4-27(38)37-13-12-36(16-21(37)9-10-31)28-24-17-35(15-20-14-23(39-3)7-8-25(20)30)18-26(24)32-29(33-28)40-19-22-6-5-11-34(22)2/h4,7-8,14,21-22H,1,5-6,9,11-13,15-19H2,2-3H3/t21-,22-/m0/s1. The van der Waals surface area contributed by atoms with Crippen molar-refractivity contribution in [1.29, 1.82) is 5.26 Å². The van der Waals surface area contributed by atoms with Gasteiger partial charge in [-0.25, -0.2) is 0 Å². The van der Waals surface area contributed by atoms with Crippen LogP contribution >= 0.6 is 11.6 Å². The third-order valence-corrected chi connectivity index (χ3v) is 8.46. The monoisotopic (exact) mass is 565 g/mol. The molecule has 0 unspecified atom stereocenters. The Morgan fingerprint density at radius 3 is 2.83 bits per heavy atom. The Morgan fingerprint density at radius 1 is 1.25 bits per heavy atom. The highest BCUT2D eigenvalue weighted by molar-refractivity contribution is 6.31. The number of methoxy groups -OCH3 is 1. The summed E-state index contributed by atoms with van der Waals surface area (Å²) in [5.41, 5.74) is 2.96. The topological polar surface area (TPSA) is 98.1 Å². The van der Waals surface area contributed by atoms with E-state index in [1.54, 1.807) is 12.0 Å². The molecule has 0 radical (unpaired) electrons. The van der Waals surface area contributed by atoms with Gasteiger partial charge >= 0.3 is 6.01 Å². The fourth-order valence-electron chi connectivity index (χ4n) is 5.85. The van der Waals surface area contributed by atoms with Gasteiger partial charge in [0.2, 0.25) is 5.91 Å². The number of ether oxygens (including phenoxy) is 2. The summed E-state index contributed by atoms with van der Waals surface area (Å²) in [7, 11) is 3.77. The number of nitriles is 1. The summed E-state index contributed by atoms with van der Waals surface area (Å²) >= 11 is 6.53. The van der Waals surface area contributed by atoms with Gasteiger partial charge in [-0.3, -0.25) is 9.69 Å². The Balaban J connectivity index is 1.41. The number of halogens is 1. The molecule has 1 amide bonds. The Bertz CT molecular complexity index is 1300. The lowest BCUT2D eigenvalue weighted by Gasteiger charge is -2.41. The summed E-state index contributed by atoms with van der Waals surface area (Å²) in [6.07, 6.45) is 3.81. The number of hydrogen-bond donors (Lipinski definition) is 0. The van der Waals surface area contributed by atoms with E-state index < -0.39 is 0 Å². The van der Waals surface area contributed by atoms with E-state index in [0.29, 0.717) is 63.0 Å². The minimum Gasteiger partial charge on any atom is -0.497 e. The number of amides is 1. The highest BCUT2D eigenvalue weighted by Crippen LogP contribution is 2.34. The molecule has 5 rings (SSSR count). The van der Waals surface area contributed by atoms with E-state index in [4.69, 9.17) is 31.0 Å². The van der Waals surface area contributed by atoms with Gasteiger partial charge in [-0.05, 0) is 56.3 Å². The lowest BCUT2D eigenvalue weighted by Crippen LogP contribution is -2.55. The molecule has 2 aromatic rings. The van der Waals surface area contributed by atoms with E-state index in [9.17, 15) is 10.1 Å². The van der Waals surface area contributed by atoms with Crippen molar-refractivity contribution in [3.63, 3.8) is 0 Å². The quantitative estimate of drug-likeness (QED) is 0.424. The average Bonchev–Trinajstić information content (AvgIpc) is 3.57. The molecule has 0 N–H and O–H groups in total. The zero-order valence-corrected chi connectivity index (χ0v) is 23.9. The highest BCUT2D eigenvalue weighted by atomic mass is 35.5. The molecule has 0 saturated carbocycles. The fraction of sp³-hybridized carbons (Fsp3) is 0.517. The van der Waals surface area contributed by atoms with Crippen molar-refractivity contribution in [2.75, 3.05) is 51.8 Å². The summed E-state index contributed by atoms with van der Waals surface area (Å²) in [5.74, 6) is 1.42. The summed E-state index contributed by atoms with van der Waals surface area (Å²) in [5, 5.41) is 10.2. The van der Waals surface area contributed by atoms with Gasteiger partial charge in [-0.1, -0.05) is 18.2 Å². The van der Waals surface area contributed by atoms with Crippen molar-refractivity contribution < 1.29 is 14.3 Å². The molecule has 212 valence electrons. The Kier molecular flexibility index (Phi) is 8.74. The molecule has 1 aromatic carbocycles. The van der Waals surface area contributed by atoms with Crippen LogP contribution in [0, 0.1) is 11.3 Å². The fourth-order valence-corrected chi connectivity index (χ4v) is 6.03. The first-order chi connectivity index (χ1) is 19.4. The Hall–Kier alpha value is -3.39.